The Morgan fingerprint density at radius 1 is 1.18 bits per heavy atom. The zero-order valence-corrected chi connectivity index (χ0v) is 10.8. The first-order chi connectivity index (χ1) is 8.33. The minimum Gasteiger partial charge on any atom is -0.292 e. The molecule has 0 heterocycles. The van der Waals surface area contributed by atoms with Crippen LogP contribution in [0.1, 0.15) is 38.5 Å². The summed E-state index contributed by atoms with van der Waals surface area (Å²) in [5.41, 5.74) is 0. The van der Waals surface area contributed by atoms with Crippen molar-refractivity contribution < 1.29 is 0 Å². The lowest BCUT2D eigenvalue weighted by atomic mass is 9.82. The Bertz CT molecular complexity index is 261. The van der Waals surface area contributed by atoms with E-state index >= 15 is 0 Å². The molecule has 0 saturated heterocycles. The van der Waals surface area contributed by atoms with Crippen molar-refractivity contribution >= 4 is 0 Å². The Labute approximate surface area is 106 Å². The highest BCUT2D eigenvalue weighted by molar-refractivity contribution is 4.93. The quantitative estimate of drug-likeness (QED) is 0.628. The third kappa shape index (κ3) is 4.36. The van der Waals surface area contributed by atoms with Crippen molar-refractivity contribution in [1.82, 2.24) is 4.90 Å². The number of nitriles is 1. The molecule has 1 aliphatic carbocycles. The fraction of sp³-hybridized carbons (Fsp3) is 0.667. The van der Waals surface area contributed by atoms with Gasteiger partial charge in [0.05, 0.1) is 12.5 Å². The fourth-order valence-corrected chi connectivity index (χ4v) is 2.88. The van der Waals surface area contributed by atoms with E-state index in [4.69, 9.17) is 5.26 Å². The van der Waals surface area contributed by atoms with Gasteiger partial charge in [-0.25, -0.2) is 0 Å². The van der Waals surface area contributed by atoms with Crippen LogP contribution in [0.4, 0.5) is 0 Å². The van der Waals surface area contributed by atoms with Crippen LogP contribution in [0.3, 0.4) is 0 Å². The fourth-order valence-electron chi connectivity index (χ4n) is 2.88. The highest BCUT2D eigenvalue weighted by Crippen LogP contribution is 2.30. The first kappa shape index (κ1) is 14.0. The van der Waals surface area contributed by atoms with Crippen LogP contribution in [-0.2, 0) is 0 Å². The largest absolute Gasteiger partial charge is 0.292 e. The molecule has 0 amide bonds. The molecule has 0 aromatic heterocycles. The van der Waals surface area contributed by atoms with Gasteiger partial charge < -0.3 is 0 Å². The van der Waals surface area contributed by atoms with E-state index < -0.39 is 0 Å². The summed E-state index contributed by atoms with van der Waals surface area (Å²) in [6.45, 7) is 9.34. The van der Waals surface area contributed by atoms with Crippen molar-refractivity contribution in [3.8, 4) is 6.07 Å². The van der Waals surface area contributed by atoms with E-state index in [0.717, 1.165) is 13.1 Å². The summed E-state index contributed by atoms with van der Waals surface area (Å²) >= 11 is 0. The highest BCUT2D eigenvalue weighted by Gasteiger charge is 2.27. The zero-order valence-electron chi connectivity index (χ0n) is 10.8. The molecule has 2 heteroatoms. The molecule has 0 spiro atoms. The number of hydrogen-bond donors (Lipinski definition) is 0. The Hall–Kier alpha value is -1.07. The van der Waals surface area contributed by atoms with Crippen molar-refractivity contribution in [3.63, 3.8) is 0 Å². The molecule has 0 N–H and O–H groups in total. The summed E-state index contributed by atoms with van der Waals surface area (Å²) in [6.07, 6.45) is 11.0. The predicted molar refractivity (Wildman–Crippen MR) is 72.6 cm³/mol. The van der Waals surface area contributed by atoms with Gasteiger partial charge in [-0.2, -0.15) is 5.26 Å². The van der Waals surface area contributed by atoms with Crippen LogP contribution in [-0.4, -0.2) is 24.0 Å². The van der Waals surface area contributed by atoms with Crippen LogP contribution >= 0.6 is 0 Å². The molecule has 1 unspecified atom stereocenters. The second-order valence-electron chi connectivity index (χ2n) is 4.86. The molecule has 2 nitrogen and oxygen atoms in total. The second-order valence-corrected chi connectivity index (χ2v) is 4.86. The molecule has 1 fully saturated rings. The highest BCUT2D eigenvalue weighted by atomic mass is 15.1. The topological polar surface area (TPSA) is 27.0 Å². The van der Waals surface area contributed by atoms with E-state index in [-0.39, 0.29) is 0 Å². The summed E-state index contributed by atoms with van der Waals surface area (Å²) in [7, 11) is 0. The minimum absolute atomic E-state index is 0.385. The molecule has 94 valence electrons. The standard InChI is InChI=1S/C15H24N2/c1-3-12-17(13-4-2)15(10-11-16)14-8-6-5-7-9-14/h3-4,14-15H,1-2,5-10,12-13H2. The molecular formula is C15H24N2. The van der Waals surface area contributed by atoms with Crippen LogP contribution in [0.5, 0.6) is 0 Å². The summed E-state index contributed by atoms with van der Waals surface area (Å²) in [6, 6.07) is 2.74. The summed E-state index contributed by atoms with van der Waals surface area (Å²) in [5, 5.41) is 9.02. The SMILES string of the molecule is C=CCN(CC=C)C(CC#N)C1CCCCC1. The first-order valence-electron chi connectivity index (χ1n) is 6.66. The van der Waals surface area contributed by atoms with Crippen molar-refractivity contribution in [2.24, 2.45) is 5.92 Å². The third-order valence-electron chi connectivity index (χ3n) is 3.69. The molecular weight excluding hydrogens is 208 g/mol. The maximum atomic E-state index is 9.02. The average Bonchev–Trinajstić information content (AvgIpc) is 2.37. The summed E-state index contributed by atoms with van der Waals surface area (Å²) in [5.74, 6) is 0.684. The molecule has 1 rings (SSSR count). The van der Waals surface area contributed by atoms with Gasteiger partial charge in [-0.1, -0.05) is 31.4 Å². The van der Waals surface area contributed by atoms with Gasteiger partial charge in [-0.3, -0.25) is 4.90 Å². The Morgan fingerprint density at radius 2 is 1.76 bits per heavy atom. The molecule has 0 radical (unpaired) electrons. The molecule has 0 aromatic rings. The molecule has 0 bridgehead atoms. The maximum Gasteiger partial charge on any atom is 0.0638 e. The molecule has 17 heavy (non-hydrogen) atoms. The Morgan fingerprint density at radius 3 is 2.24 bits per heavy atom. The summed E-state index contributed by atoms with van der Waals surface area (Å²) in [4.78, 5) is 2.35. The second kappa shape index (κ2) is 8.08. The Kier molecular flexibility index (Phi) is 6.65. The number of hydrogen-bond acceptors (Lipinski definition) is 2. The molecule has 1 saturated carbocycles. The van der Waals surface area contributed by atoms with Gasteiger partial charge in [0.1, 0.15) is 0 Å². The van der Waals surface area contributed by atoms with Crippen LogP contribution in [0.15, 0.2) is 25.3 Å². The predicted octanol–water partition coefficient (Wildman–Crippen LogP) is 3.52. The van der Waals surface area contributed by atoms with Crippen LogP contribution < -0.4 is 0 Å². The van der Waals surface area contributed by atoms with E-state index in [2.05, 4.69) is 24.1 Å². The van der Waals surface area contributed by atoms with E-state index in [1.165, 1.54) is 32.1 Å². The number of nitrogens with zero attached hydrogens (tertiary/aromatic N) is 2. The van der Waals surface area contributed by atoms with Gasteiger partial charge in [0.15, 0.2) is 0 Å². The first-order valence-corrected chi connectivity index (χ1v) is 6.66. The van der Waals surface area contributed by atoms with Crippen LogP contribution in [0.2, 0.25) is 0 Å². The van der Waals surface area contributed by atoms with Crippen LogP contribution in [0.25, 0.3) is 0 Å². The smallest absolute Gasteiger partial charge is 0.0638 e. The van der Waals surface area contributed by atoms with Gasteiger partial charge in [-0.15, -0.1) is 13.2 Å². The van der Waals surface area contributed by atoms with Crippen molar-refractivity contribution in [2.45, 2.75) is 44.6 Å². The van der Waals surface area contributed by atoms with E-state index in [9.17, 15) is 0 Å². The third-order valence-corrected chi connectivity index (χ3v) is 3.69. The lowest BCUT2D eigenvalue weighted by molar-refractivity contribution is 0.144. The molecule has 0 aromatic carbocycles. The van der Waals surface area contributed by atoms with Gasteiger partial charge >= 0.3 is 0 Å². The molecule has 1 aliphatic rings. The van der Waals surface area contributed by atoms with E-state index in [0.29, 0.717) is 18.4 Å². The van der Waals surface area contributed by atoms with Gasteiger partial charge in [0, 0.05) is 19.1 Å². The lowest BCUT2D eigenvalue weighted by Crippen LogP contribution is -2.41. The minimum atomic E-state index is 0.385. The zero-order chi connectivity index (χ0) is 12.5. The van der Waals surface area contributed by atoms with Crippen LogP contribution in [0, 0.1) is 17.2 Å². The lowest BCUT2D eigenvalue weighted by Gasteiger charge is -2.36. The van der Waals surface area contributed by atoms with Gasteiger partial charge in [0.25, 0.3) is 0 Å². The van der Waals surface area contributed by atoms with E-state index in [1.807, 2.05) is 12.2 Å². The maximum absolute atomic E-state index is 9.02. The van der Waals surface area contributed by atoms with Crippen molar-refractivity contribution in [3.05, 3.63) is 25.3 Å². The summed E-state index contributed by atoms with van der Waals surface area (Å²) < 4.78 is 0. The normalized spacial score (nSPS) is 18.6. The van der Waals surface area contributed by atoms with Crippen molar-refractivity contribution in [1.29, 1.82) is 5.26 Å². The molecule has 1 atom stereocenters. The number of rotatable bonds is 7. The van der Waals surface area contributed by atoms with E-state index in [1.54, 1.807) is 0 Å². The average molecular weight is 232 g/mol. The van der Waals surface area contributed by atoms with Gasteiger partial charge in [0.2, 0.25) is 0 Å². The van der Waals surface area contributed by atoms with Gasteiger partial charge in [-0.05, 0) is 18.8 Å². The monoisotopic (exact) mass is 232 g/mol. The van der Waals surface area contributed by atoms with Crippen molar-refractivity contribution in [2.75, 3.05) is 13.1 Å². The Balaban J connectivity index is 2.68. The molecule has 0 aliphatic heterocycles.